The highest BCUT2D eigenvalue weighted by atomic mass is 35.5. The summed E-state index contributed by atoms with van der Waals surface area (Å²) in [6.45, 7) is 5.61. The number of fused-ring (bicyclic) bond motifs is 2. The van der Waals surface area contributed by atoms with Crippen molar-refractivity contribution in [3.8, 4) is 23.0 Å². The number of nitrogens with zero attached hydrogens (tertiary/aromatic N) is 2. The van der Waals surface area contributed by atoms with Gasteiger partial charge in [0.2, 0.25) is 0 Å². The average Bonchev–Trinajstić information content (AvgIpc) is 3.54. The molecule has 0 aliphatic carbocycles. The van der Waals surface area contributed by atoms with Crippen molar-refractivity contribution in [1.82, 2.24) is 4.98 Å². The molecular formula is C32H29ClN2O7S. The van der Waals surface area contributed by atoms with Crippen LogP contribution in [0.2, 0.25) is 5.02 Å². The van der Waals surface area contributed by atoms with E-state index in [1.807, 2.05) is 6.92 Å². The van der Waals surface area contributed by atoms with Gasteiger partial charge in [0.15, 0.2) is 28.1 Å². The Morgan fingerprint density at radius 2 is 1.84 bits per heavy atom. The molecule has 3 aromatic carbocycles. The standard InChI is InChI=1S/C32H29ClN2O7S/c1-3-5-12-40-22-10-6-18(15-24(22)39-4-2)28-27(29(36)19-7-11-23-25(16-19)42-14-13-41-23)30(37)31(38)35(28)32-34-21-9-8-20(33)17-26(21)43-32/h6-11,15-17,28,36H,3-5,12-14H2,1-2H3. The van der Waals surface area contributed by atoms with Gasteiger partial charge >= 0.3 is 5.91 Å². The van der Waals surface area contributed by atoms with E-state index in [9.17, 15) is 14.7 Å². The maximum Gasteiger partial charge on any atom is 0.301 e. The highest BCUT2D eigenvalue weighted by Gasteiger charge is 2.48. The highest BCUT2D eigenvalue weighted by Crippen LogP contribution is 2.46. The van der Waals surface area contributed by atoms with Crippen molar-refractivity contribution in [2.45, 2.75) is 32.7 Å². The lowest BCUT2D eigenvalue weighted by molar-refractivity contribution is -0.132. The number of carbonyl (C=O) groups excluding carboxylic acids is 2. The summed E-state index contributed by atoms with van der Waals surface area (Å²) in [6, 6.07) is 14.4. The van der Waals surface area contributed by atoms with Crippen LogP contribution in [-0.4, -0.2) is 48.2 Å². The Kier molecular flexibility index (Phi) is 8.14. The minimum absolute atomic E-state index is 0.0823. The van der Waals surface area contributed by atoms with E-state index in [-0.39, 0.29) is 11.3 Å². The summed E-state index contributed by atoms with van der Waals surface area (Å²) >= 11 is 7.45. The molecule has 1 unspecified atom stereocenters. The van der Waals surface area contributed by atoms with Gasteiger partial charge in [-0.1, -0.05) is 42.3 Å². The first-order valence-corrected chi connectivity index (χ1v) is 15.3. The number of hydrogen-bond acceptors (Lipinski definition) is 9. The largest absolute Gasteiger partial charge is 0.507 e. The van der Waals surface area contributed by atoms with Crippen LogP contribution >= 0.6 is 22.9 Å². The van der Waals surface area contributed by atoms with Crippen LogP contribution in [0, 0.1) is 0 Å². The fourth-order valence-electron chi connectivity index (χ4n) is 5.09. The lowest BCUT2D eigenvalue weighted by Crippen LogP contribution is -2.29. The molecule has 4 aromatic rings. The Morgan fingerprint density at radius 3 is 2.63 bits per heavy atom. The zero-order chi connectivity index (χ0) is 30.1. The molecular weight excluding hydrogens is 592 g/mol. The van der Waals surface area contributed by atoms with Crippen LogP contribution in [0.4, 0.5) is 5.13 Å². The number of unbranched alkanes of at least 4 members (excludes halogenated alkanes) is 1. The van der Waals surface area contributed by atoms with E-state index in [2.05, 4.69) is 11.9 Å². The molecule has 2 aliphatic heterocycles. The van der Waals surface area contributed by atoms with Crippen molar-refractivity contribution in [2.75, 3.05) is 31.3 Å². The second-order valence-corrected chi connectivity index (χ2v) is 11.4. The molecule has 1 N–H and O–H groups in total. The Labute approximate surface area is 257 Å². The molecule has 1 aromatic heterocycles. The Morgan fingerprint density at radius 1 is 1.02 bits per heavy atom. The summed E-state index contributed by atoms with van der Waals surface area (Å²) in [7, 11) is 0. The number of amides is 1. The normalized spacial score (nSPS) is 17.5. The van der Waals surface area contributed by atoms with Gasteiger partial charge in [0.05, 0.1) is 35.0 Å². The first-order chi connectivity index (χ1) is 20.9. The van der Waals surface area contributed by atoms with Crippen molar-refractivity contribution < 1.29 is 33.6 Å². The van der Waals surface area contributed by atoms with Crippen LogP contribution in [-0.2, 0) is 9.59 Å². The molecule has 3 heterocycles. The summed E-state index contributed by atoms with van der Waals surface area (Å²) in [5.41, 5.74) is 1.40. The fraction of sp³-hybridized carbons (Fsp3) is 0.281. The van der Waals surface area contributed by atoms with E-state index in [0.29, 0.717) is 76.2 Å². The molecule has 2 aliphatic rings. The van der Waals surface area contributed by atoms with Crippen LogP contribution < -0.4 is 23.8 Å². The topological polar surface area (TPSA) is 107 Å². The van der Waals surface area contributed by atoms with Crippen LogP contribution in [0.1, 0.15) is 43.9 Å². The van der Waals surface area contributed by atoms with Crippen LogP contribution in [0.3, 0.4) is 0 Å². The van der Waals surface area contributed by atoms with Crippen molar-refractivity contribution >= 4 is 55.7 Å². The molecule has 1 amide bonds. The molecule has 0 spiro atoms. The zero-order valence-electron chi connectivity index (χ0n) is 23.6. The molecule has 6 rings (SSSR count). The third-order valence-electron chi connectivity index (χ3n) is 7.14. The number of aliphatic hydroxyl groups is 1. The quantitative estimate of drug-likeness (QED) is 0.0929. The van der Waals surface area contributed by atoms with Gasteiger partial charge in [-0.05, 0) is 67.4 Å². The molecule has 1 saturated heterocycles. The number of anilines is 1. The first kappa shape index (κ1) is 28.8. The van der Waals surface area contributed by atoms with Crippen molar-refractivity contribution in [3.05, 3.63) is 76.3 Å². The molecule has 9 nitrogen and oxygen atoms in total. The predicted molar refractivity (Wildman–Crippen MR) is 165 cm³/mol. The summed E-state index contributed by atoms with van der Waals surface area (Å²) in [4.78, 5) is 33.5. The Hall–Kier alpha value is -4.28. The number of carbonyl (C=O) groups is 2. The number of hydrogen-bond donors (Lipinski definition) is 1. The van der Waals surface area contributed by atoms with Gasteiger partial charge in [-0.2, -0.15) is 0 Å². The van der Waals surface area contributed by atoms with Gasteiger partial charge in [0.1, 0.15) is 19.0 Å². The number of aromatic nitrogens is 1. The molecule has 0 saturated carbocycles. The number of Topliss-reactive ketones (excluding diaryl/α,β-unsaturated/α-hetero) is 1. The van der Waals surface area contributed by atoms with Crippen molar-refractivity contribution in [3.63, 3.8) is 0 Å². The van der Waals surface area contributed by atoms with E-state index in [0.717, 1.165) is 17.5 Å². The molecule has 1 fully saturated rings. The number of benzene rings is 3. The number of aliphatic hydroxyl groups excluding tert-OH is 1. The van der Waals surface area contributed by atoms with Crippen molar-refractivity contribution in [1.29, 1.82) is 0 Å². The van der Waals surface area contributed by atoms with Crippen LogP contribution in [0.5, 0.6) is 23.0 Å². The molecule has 43 heavy (non-hydrogen) atoms. The van der Waals surface area contributed by atoms with Crippen LogP contribution in [0.25, 0.3) is 16.0 Å². The second kappa shape index (κ2) is 12.1. The molecule has 1 atom stereocenters. The predicted octanol–water partition coefficient (Wildman–Crippen LogP) is 6.92. The smallest absolute Gasteiger partial charge is 0.301 e. The lowest BCUT2D eigenvalue weighted by Gasteiger charge is -2.24. The summed E-state index contributed by atoms with van der Waals surface area (Å²) in [6.07, 6.45) is 1.86. The minimum atomic E-state index is -1.01. The number of thiazole rings is 1. The van der Waals surface area contributed by atoms with Gasteiger partial charge in [0, 0.05) is 10.6 Å². The summed E-state index contributed by atoms with van der Waals surface area (Å²) in [5, 5.41) is 12.5. The summed E-state index contributed by atoms with van der Waals surface area (Å²) < 4.78 is 23.9. The minimum Gasteiger partial charge on any atom is -0.507 e. The fourth-order valence-corrected chi connectivity index (χ4v) is 6.36. The maximum absolute atomic E-state index is 13.7. The number of ketones is 1. The molecule has 222 valence electrons. The van der Waals surface area contributed by atoms with E-state index < -0.39 is 17.7 Å². The number of ether oxygens (including phenoxy) is 4. The van der Waals surface area contributed by atoms with E-state index in [1.54, 1.807) is 54.6 Å². The molecule has 0 bridgehead atoms. The molecule has 0 radical (unpaired) electrons. The van der Waals surface area contributed by atoms with E-state index in [1.165, 1.54) is 16.2 Å². The van der Waals surface area contributed by atoms with Gasteiger partial charge in [-0.3, -0.25) is 14.5 Å². The monoisotopic (exact) mass is 620 g/mol. The van der Waals surface area contributed by atoms with Crippen molar-refractivity contribution in [2.24, 2.45) is 0 Å². The summed E-state index contributed by atoms with van der Waals surface area (Å²) in [5.74, 6) is 0.0125. The van der Waals surface area contributed by atoms with Gasteiger partial charge in [-0.15, -0.1) is 0 Å². The zero-order valence-corrected chi connectivity index (χ0v) is 25.2. The van der Waals surface area contributed by atoms with E-state index >= 15 is 0 Å². The number of halogens is 1. The van der Waals surface area contributed by atoms with Gasteiger partial charge in [0.25, 0.3) is 5.78 Å². The average molecular weight is 621 g/mol. The molecule has 11 heteroatoms. The first-order valence-electron chi connectivity index (χ1n) is 14.1. The Balaban J connectivity index is 1.51. The third kappa shape index (κ3) is 5.48. The van der Waals surface area contributed by atoms with Crippen LogP contribution in [0.15, 0.2) is 60.2 Å². The number of rotatable bonds is 9. The highest BCUT2D eigenvalue weighted by molar-refractivity contribution is 7.22. The van der Waals surface area contributed by atoms with Gasteiger partial charge < -0.3 is 24.1 Å². The maximum atomic E-state index is 13.7. The SMILES string of the molecule is CCCCOc1ccc(C2C(=C(O)c3ccc4c(c3)OCCO4)C(=O)C(=O)N2c2nc3ccc(Cl)cc3s2)cc1OCC. The lowest BCUT2D eigenvalue weighted by atomic mass is 9.95. The van der Waals surface area contributed by atoms with Gasteiger partial charge in [-0.25, -0.2) is 4.98 Å². The van der Waals surface area contributed by atoms with E-state index in [4.69, 9.17) is 30.5 Å². The Bertz CT molecular complexity index is 1750. The second-order valence-electron chi connectivity index (χ2n) is 9.98. The third-order valence-corrected chi connectivity index (χ3v) is 8.40.